The SMILES string of the molecule is COC(=O)/C=C1/SCC(=O)N1CCCOC(=O)c1ccc(C)c(O)c1O. The smallest absolute Gasteiger partial charge is 0.342 e. The lowest BCUT2D eigenvalue weighted by Crippen LogP contribution is -2.27. The molecule has 0 atom stereocenters. The minimum Gasteiger partial charge on any atom is -0.504 e. The van der Waals surface area contributed by atoms with Gasteiger partial charge in [-0.25, -0.2) is 9.59 Å². The Bertz CT molecular complexity index is 760. The van der Waals surface area contributed by atoms with Crippen molar-refractivity contribution in [1.82, 2.24) is 4.90 Å². The molecule has 140 valence electrons. The van der Waals surface area contributed by atoms with Crippen molar-refractivity contribution in [2.75, 3.05) is 26.0 Å². The molecule has 0 bridgehead atoms. The monoisotopic (exact) mass is 381 g/mol. The van der Waals surface area contributed by atoms with E-state index in [0.717, 1.165) is 0 Å². The Kier molecular flexibility index (Phi) is 6.51. The summed E-state index contributed by atoms with van der Waals surface area (Å²) in [6.07, 6.45) is 1.59. The van der Waals surface area contributed by atoms with Crippen LogP contribution in [0.15, 0.2) is 23.2 Å². The van der Waals surface area contributed by atoms with Gasteiger partial charge in [-0.2, -0.15) is 0 Å². The number of benzene rings is 1. The average Bonchev–Trinajstić information content (AvgIpc) is 2.96. The maximum Gasteiger partial charge on any atom is 0.342 e. The first kappa shape index (κ1) is 19.6. The van der Waals surface area contributed by atoms with Crippen molar-refractivity contribution < 1.29 is 34.1 Å². The number of esters is 2. The van der Waals surface area contributed by atoms with Gasteiger partial charge in [0.15, 0.2) is 11.5 Å². The molecule has 1 aromatic rings. The van der Waals surface area contributed by atoms with Crippen molar-refractivity contribution >= 4 is 29.6 Å². The lowest BCUT2D eigenvalue weighted by Gasteiger charge is -2.16. The number of rotatable bonds is 6. The summed E-state index contributed by atoms with van der Waals surface area (Å²) in [6.45, 7) is 1.87. The fourth-order valence-corrected chi connectivity index (χ4v) is 3.19. The second-order valence-corrected chi connectivity index (χ2v) is 6.45. The number of ether oxygens (including phenoxy) is 2. The van der Waals surface area contributed by atoms with Crippen LogP contribution in [0.4, 0.5) is 0 Å². The molecule has 0 radical (unpaired) electrons. The zero-order valence-corrected chi connectivity index (χ0v) is 15.2. The third-order valence-corrected chi connectivity index (χ3v) is 4.71. The molecule has 0 spiro atoms. The summed E-state index contributed by atoms with van der Waals surface area (Å²) in [5.74, 6) is -2.11. The van der Waals surface area contributed by atoms with Gasteiger partial charge >= 0.3 is 11.9 Å². The number of thioether (sulfide) groups is 1. The van der Waals surface area contributed by atoms with Crippen molar-refractivity contribution in [2.24, 2.45) is 0 Å². The van der Waals surface area contributed by atoms with Crippen LogP contribution in [0, 0.1) is 6.92 Å². The average molecular weight is 381 g/mol. The second-order valence-electron chi connectivity index (χ2n) is 5.46. The van der Waals surface area contributed by atoms with Crippen LogP contribution < -0.4 is 0 Å². The van der Waals surface area contributed by atoms with E-state index in [1.54, 1.807) is 6.92 Å². The van der Waals surface area contributed by atoms with Crippen molar-refractivity contribution in [3.63, 3.8) is 0 Å². The van der Waals surface area contributed by atoms with E-state index in [-0.39, 0.29) is 36.1 Å². The van der Waals surface area contributed by atoms with E-state index in [9.17, 15) is 24.6 Å². The maximum absolute atomic E-state index is 12.0. The first-order valence-electron chi connectivity index (χ1n) is 7.76. The highest BCUT2D eigenvalue weighted by Crippen LogP contribution is 2.32. The van der Waals surface area contributed by atoms with Crippen molar-refractivity contribution in [3.8, 4) is 11.5 Å². The molecule has 1 heterocycles. The summed E-state index contributed by atoms with van der Waals surface area (Å²) in [4.78, 5) is 36.6. The standard InChI is InChI=1S/C17H19NO7S/c1-10-4-5-11(16(22)15(10)21)17(23)25-7-3-6-18-12(19)9-26-13(18)8-14(20)24-2/h4-5,8,21-22H,3,6-7,9H2,1-2H3/b13-8+. The highest BCUT2D eigenvalue weighted by Gasteiger charge is 2.27. The number of amides is 1. The molecule has 0 unspecified atom stereocenters. The van der Waals surface area contributed by atoms with Crippen molar-refractivity contribution in [1.29, 1.82) is 0 Å². The number of nitrogens with zero attached hydrogens (tertiary/aromatic N) is 1. The van der Waals surface area contributed by atoms with Gasteiger partial charge in [0, 0.05) is 6.54 Å². The summed E-state index contributed by atoms with van der Waals surface area (Å²) in [5, 5.41) is 19.9. The molecule has 26 heavy (non-hydrogen) atoms. The molecule has 1 amide bonds. The molecule has 1 aliphatic rings. The molecule has 9 heteroatoms. The maximum atomic E-state index is 12.0. The fourth-order valence-electron chi connectivity index (χ4n) is 2.24. The van der Waals surface area contributed by atoms with Crippen LogP contribution in [-0.2, 0) is 19.1 Å². The minimum atomic E-state index is -0.773. The van der Waals surface area contributed by atoms with Crippen LogP contribution in [0.25, 0.3) is 0 Å². The fraction of sp³-hybridized carbons (Fsp3) is 0.353. The number of methoxy groups -OCH3 is 1. The molecule has 2 N–H and O–H groups in total. The number of phenolic OH excluding ortho intramolecular Hbond substituents is 2. The van der Waals surface area contributed by atoms with E-state index in [2.05, 4.69) is 4.74 Å². The Hall–Kier alpha value is -2.68. The van der Waals surface area contributed by atoms with Crippen LogP contribution >= 0.6 is 11.8 Å². The molecule has 1 aromatic carbocycles. The molecule has 8 nitrogen and oxygen atoms in total. The number of aromatic hydroxyl groups is 2. The van der Waals surface area contributed by atoms with Crippen LogP contribution in [-0.4, -0.2) is 59.0 Å². The molecular weight excluding hydrogens is 362 g/mol. The van der Waals surface area contributed by atoms with Gasteiger partial charge in [-0.1, -0.05) is 17.8 Å². The Labute approximate surface area is 154 Å². The molecule has 1 saturated heterocycles. The number of carbonyl (C=O) groups excluding carboxylic acids is 3. The van der Waals surface area contributed by atoms with Gasteiger partial charge in [0.1, 0.15) is 5.56 Å². The lowest BCUT2D eigenvalue weighted by atomic mass is 10.1. The quantitative estimate of drug-likeness (QED) is 0.330. The lowest BCUT2D eigenvalue weighted by molar-refractivity contribution is -0.134. The number of aryl methyl sites for hydroxylation is 1. The molecule has 2 rings (SSSR count). The third kappa shape index (κ3) is 4.48. The first-order valence-corrected chi connectivity index (χ1v) is 8.75. The summed E-state index contributed by atoms with van der Waals surface area (Å²) in [5.41, 5.74) is 0.307. The van der Waals surface area contributed by atoms with E-state index >= 15 is 0 Å². The van der Waals surface area contributed by atoms with E-state index in [0.29, 0.717) is 17.0 Å². The topological polar surface area (TPSA) is 113 Å². The molecule has 0 aliphatic carbocycles. The second kappa shape index (κ2) is 8.61. The van der Waals surface area contributed by atoms with Gasteiger partial charge < -0.3 is 24.6 Å². The van der Waals surface area contributed by atoms with Gasteiger partial charge in [0.05, 0.1) is 30.6 Å². The zero-order valence-electron chi connectivity index (χ0n) is 14.4. The Morgan fingerprint density at radius 1 is 1.31 bits per heavy atom. The largest absolute Gasteiger partial charge is 0.504 e. The number of hydrogen-bond acceptors (Lipinski definition) is 8. The van der Waals surface area contributed by atoms with Crippen LogP contribution in [0.2, 0.25) is 0 Å². The van der Waals surface area contributed by atoms with E-state index < -0.39 is 17.7 Å². The van der Waals surface area contributed by atoms with Crippen LogP contribution in [0.5, 0.6) is 11.5 Å². The summed E-state index contributed by atoms with van der Waals surface area (Å²) in [7, 11) is 1.25. The van der Waals surface area contributed by atoms with Crippen molar-refractivity contribution in [2.45, 2.75) is 13.3 Å². The Balaban J connectivity index is 1.89. The number of carbonyl (C=O) groups is 3. The van der Waals surface area contributed by atoms with Gasteiger partial charge in [-0.15, -0.1) is 0 Å². The minimum absolute atomic E-state index is 0.00681. The van der Waals surface area contributed by atoms with Crippen LogP contribution in [0.1, 0.15) is 22.3 Å². The molecule has 0 aromatic heterocycles. The first-order chi connectivity index (χ1) is 12.3. The highest BCUT2D eigenvalue weighted by molar-refractivity contribution is 8.04. The summed E-state index contributed by atoms with van der Waals surface area (Å²) >= 11 is 1.24. The van der Waals surface area contributed by atoms with E-state index in [4.69, 9.17) is 4.74 Å². The van der Waals surface area contributed by atoms with Crippen LogP contribution in [0.3, 0.4) is 0 Å². The molecule has 0 saturated carbocycles. The summed E-state index contributed by atoms with van der Waals surface area (Å²) in [6, 6.07) is 2.86. The number of phenols is 2. The normalized spacial score (nSPS) is 15.4. The van der Waals surface area contributed by atoms with Gasteiger partial charge in [-0.3, -0.25) is 4.79 Å². The highest BCUT2D eigenvalue weighted by atomic mass is 32.2. The predicted octanol–water partition coefficient (Wildman–Crippen LogP) is 1.54. The van der Waals surface area contributed by atoms with Gasteiger partial charge in [0.2, 0.25) is 5.91 Å². The van der Waals surface area contributed by atoms with E-state index in [1.165, 1.54) is 42.0 Å². The van der Waals surface area contributed by atoms with Gasteiger partial charge in [-0.05, 0) is 25.0 Å². The van der Waals surface area contributed by atoms with E-state index in [1.807, 2.05) is 0 Å². The van der Waals surface area contributed by atoms with Crippen molar-refractivity contribution in [3.05, 3.63) is 34.4 Å². The molecule has 1 fully saturated rings. The Morgan fingerprint density at radius 2 is 2.04 bits per heavy atom. The number of hydrogen-bond donors (Lipinski definition) is 2. The summed E-state index contributed by atoms with van der Waals surface area (Å²) < 4.78 is 9.62. The zero-order chi connectivity index (χ0) is 19.3. The Morgan fingerprint density at radius 3 is 2.73 bits per heavy atom. The molecule has 1 aliphatic heterocycles. The third-order valence-electron chi connectivity index (χ3n) is 3.69. The predicted molar refractivity (Wildman–Crippen MR) is 93.7 cm³/mol. The van der Waals surface area contributed by atoms with Gasteiger partial charge in [0.25, 0.3) is 0 Å². The molecular formula is C17H19NO7S.